The second-order valence-corrected chi connectivity index (χ2v) is 4.46. The van der Waals surface area contributed by atoms with Crippen molar-refractivity contribution in [3.05, 3.63) is 10.3 Å². The van der Waals surface area contributed by atoms with Gasteiger partial charge in [-0.3, -0.25) is 18.9 Å². The van der Waals surface area contributed by atoms with Crippen LogP contribution in [0.4, 0.5) is 0 Å². The Morgan fingerprint density at radius 3 is 2.67 bits per heavy atom. The molecule has 0 heterocycles. The van der Waals surface area contributed by atoms with Gasteiger partial charge in [-0.15, -0.1) is 6.08 Å². The van der Waals surface area contributed by atoms with Crippen LogP contribution in [0.25, 0.3) is 0 Å². The van der Waals surface area contributed by atoms with Crippen LogP contribution in [-0.2, 0) is 0 Å². The minimum absolute atomic E-state index is 0.192. The fourth-order valence-corrected chi connectivity index (χ4v) is 1.77. The highest BCUT2D eigenvalue weighted by Gasteiger charge is 1.71. The van der Waals surface area contributed by atoms with Gasteiger partial charge in [0.2, 0.25) is 0 Å². The number of hydrogen-bond acceptors (Lipinski definition) is 0. The van der Waals surface area contributed by atoms with E-state index in [1.165, 1.54) is 6.42 Å². The topological polar surface area (TPSA) is 0 Å². The van der Waals surface area contributed by atoms with Crippen LogP contribution >= 0.6 is 18.9 Å². The van der Waals surface area contributed by atoms with Crippen molar-refractivity contribution >= 4 is 35.3 Å². The second-order valence-electron chi connectivity index (χ2n) is 1.03. The number of halogens is 1. The third kappa shape index (κ3) is 5.24. The SMILES string of the molecule is CCC=[CH][Mg][I]. The van der Waals surface area contributed by atoms with Crippen molar-refractivity contribution in [3.8, 4) is 0 Å². The van der Waals surface area contributed by atoms with Gasteiger partial charge in [-0.05, 0) is 6.42 Å². The molecule has 0 radical (unpaired) electrons. The zero-order valence-corrected chi connectivity index (χ0v) is 7.52. The maximum Gasteiger partial charge on any atom is 0.493 e. The molecular weight excluding hydrogens is 199 g/mol. The fraction of sp³-hybridized carbons (Fsp3) is 0.500. The van der Waals surface area contributed by atoms with Crippen molar-refractivity contribution in [3.63, 3.8) is 0 Å². The minimum atomic E-state index is 0.192. The Balaban J connectivity index is 2.73. The Hall–Kier alpha value is 1.24. The van der Waals surface area contributed by atoms with Crippen LogP contribution in [0, 0.1) is 0 Å². The highest BCUT2D eigenvalue weighted by molar-refractivity contribution is 14.1. The molecule has 0 aromatic heterocycles. The molecule has 2 heteroatoms. The molecule has 0 aliphatic carbocycles. The summed E-state index contributed by atoms with van der Waals surface area (Å²) in [6, 6.07) is 0. The quantitative estimate of drug-likeness (QED) is 0.478. The van der Waals surface area contributed by atoms with Crippen LogP contribution in [0.1, 0.15) is 13.3 Å². The van der Waals surface area contributed by atoms with Gasteiger partial charge in [0.25, 0.3) is 0 Å². The van der Waals surface area contributed by atoms with Gasteiger partial charge >= 0.3 is 16.5 Å². The van der Waals surface area contributed by atoms with Crippen molar-refractivity contribution < 1.29 is 0 Å². The van der Waals surface area contributed by atoms with E-state index in [0.717, 1.165) is 0 Å². The molecule has 0 bridgehead atoms. The summed E-state index contributed by atoms with van der Waals surface area (Å²) in [4.78, 5) is 0. The zero-order chi connectivity index (χ0) is 4.83. The normalized spacial score (nSPS) is 9.00. The first kappa shape index (κ1) is 7.24. The van der Waals surface area contributed by atoms with E-state index in [2.05, 4.69) is 36.1 Å². The summed E-state index contributed by atoms with van der Waals surface area (Å²) in [6.07, 6.45) is 3.44. The lowest BCUT2D eigenvalue weighted by Crippen LogP contribution is -1.61. The van der Waals surface area contributed by atoms with E-state index >= 15 is 0 Å². The van der Waals surface area contributed by atoms with E-state index < -0.39 is 0 Å². The second kappa shape index (κ2) is 6.24. The van der Waals surface area contributed by atoms with Gasteiger partial charge < -0.3 is 0 Å². The molecule has 0 aromatic rings. The summed E-state index contributed by atoms with van der Waals surface area (Å²) in [5, 5.41) is 0. The first-order valence-electron chi connectivity index (χ1n) is 2.12. The van der Waals surface area contributed by atoms with Crippen molar-refractivity contribution in [2.24, 2.45) is 0 Å². The van der Waals surface area contributed by atoms with Gasteiger partial charge in [-0.1, -0.05) is 6.92 Å². The average molecular weight is 206 g/mol. The predicted octanol–water partition coefficient (Wildman–Crippen LogP) is 1.96. The smallest absolute Gasteiger partial charge is 0.292 e. The lowest BCUT2D eigenvalue weighted by Gasteiger charge is -1.69. The van der Waals surface area contributed by atoms with E-state index in [1.807, 2.05) is 0 Å². The van der Waals surface area contributed by atoms with Crippen LogP contribution in [0.3, 0.4) is 0 Å². The Morgan fingerprint density at radius 1 is 1.83 bits per heavy atom. The third-order valence-electron chi connectivity index (χ3n) is 0.491. The standard InChI is InChI=1S/C4H7.HI.Mg/c1-3-4-2;;/h1,3H,4H2,2H3;1H;/q;;+1/p-1. The van der Waals surface area contributed by atoms with Gasteiger partial charge in [0.05, 0.1) is 0 Å². The Kier molecular flexibility index (Phi) is 7.52. The van der Waals surface area contributed by atoms with Crippen LogP contribution < -0.4 is 0 Å². The lowest BCUT2D eigenvalue weighted by atomic mass is 10.5. The molecule has 0 spiro atoms. The zero-order valence-electron chi connectivity index (χ0n) is 3.95. The third-order valence-corrected chi connectivity index (χ3v) is 2.53. The molecule has 0 aliphatic rings. The predicted molar refractivity (Wildman–Crippen MR) is 39.2 cm³/mol. The van der Waals surface area contributed by atoms with E-state index in [0.29, 0.717) is 0 Å². The van der Waals surface area contributed by atoms with E-state index in [-0.39, 0.29) is 16.5 Å². The van der Waals surface area contributed by atoms with Crippen molar-refractivity contribution in [2.75, 3.05) is 0 Å². The molecule has 0 saturated heterocycles. The first-order valence-corrected chi connectivity index (χ1v) is 8.05. The highest BCUT2D eigenvalue weighted by Crippen LogP contribution is 1.80. The largest absolute Gasteiger partial charge is 0.493 e. The lowest BCUT2D eigenvalue weighted by molar-refractivity contribution is 1.23. The van der Waals surface area contributed by atoms with Crippen LogP contribution in [-0.4, -0.2) is 16.5 Å². The molecule has 0 nitrogen and oxygen atoms in total. The summed E-state index contributed by atoms with van der Waals surface area (Å²) >= 11 is 2.66. The summed E-state index contributed by atoms with van der Waals surface area (Å²) < 4.78 is 2.31. The van der Waals surface area contributed by atoms with Crippen LogP contribution in [0.15, 0.2) is 10.3 Å². The maximum absolute atomic E-state index is 2.46. The van der Waals surface area contributed by atoms with Crippen LogP contribution in [0.5, 0.6) is 0 Å². The van der Waals surface area contributed by atoms with Gasteiger partial charge in [-0.25, -0.2) is 0 Å². The van der Waals surface area contributed by atoms with E-state index in [9.17, 15) is 0 Å². The molecular formula is C4H7IMg. The number of rotatable bonds is 2. The van der Waals surface area contributed by atoms with Crippen LogP contribution in [0.2, 0.25) is 0 Å². The molecule has 0 N–H and O–H groups in total. The molecule has 0 aromatic carbocycles. The molecule has 0 fully saturated rings. The number of hydrogen-bond donors (Lipinski definition) is 0. The number of allylic oxidation sites excluding steroid dienone is 1. The van der Waals surface area contributed by atoms with Gasteiger partial charge in [0.1, 0.15) is 0 Å². The van der Waals surface area contributed by atoms with Crippen molar-refractivity contribution in [2.45, 2.75) is 13.3 Å². The molecule has 0 atom stereocenters. The Bertz CT molecular complexity index is 36.8. The fourth-order valence-electron chi connectivity index (χ4n) is 0.230. The molecule has 0 aliphatic heterocycles. The molecule has 0 saturated carbocycles. The van der Waals surface area contributed by atoms with Gasteiger partial charge in [-0.2, -0.15) is 4.21 Å². The molecule has 0 amide bonds. The average Bonchev–Trinajstić information content (AvgIpc) is 1.61. The van der Waals surface area contributed by atoms with E-state index in [4.69, 9.17) is 0 Å². The Morgan fingerprint density at radius 2 is 2.50 bits per heavy atom. The van der Waals surface area contributed by atoms with Gasteiger partial charge in [0.15, 0.2) is 0 Å². The minimum Gasteiger partial charge on any atom is -0.292 e. The molecule has 0 unspecified atom stereocenters. The van der Waals surface area contributed by atoms with E-state index in [1.54, 1.807) is 0 Å². The summed E-state index contributed by atoms with van der Waals surface area (Å²) in [7, 11) is 0. The van der Waals surface area contributed by atoms with Crippen molar-refractivity contribution in [1.29, 1.82) is 0 Å². The van der Waals surface area contributed by atoms with Crippen molar-refractivity contribution in [1.82, 2.24) is 0 Å². The monoisotopic (exact) mass is 206 g/mol. The summed E-state index contributed by atoms with van der Waals surface area (Å²) in [6.45, 7) is 2.16. The maximum atomic E-state index is 2.46. The van der Waals surface area contributed by atoms with Gasteiger partial charge in [0, 0.05) is 0 Å². The highest BCUT2D eigenvalue weighted by atomic mass is 127. The summed E-state index contributed by atoms with van der Waals surface area (Å²) in [5.74, 6) is 0. The summed E-state index contributed by atoms with van der Waals surface area (Å²) in [5.41, 5.74) is 0. The molecule has 32 valence electrons. The molecule has 6 heavy (non-hydrogen) atoms. The first-order chi connectivity index (χ1) is 2.91. The Labute approximate surface area is 58.5 Å². The molecule has 0 rings (SSSR count).